The van der Waals surface area contributed by atoms with Gasteiger partial charge in [-0.1, -0.05) is 37.3 Å². The smallest absolute Gasteiger partial charge is 0.224 e. The Morgan fingerprint density at radius 1 is 1.12 bits per heavy atom. The van der Waals surface area contributed by atoms with E-state index in [1.54, 1.807) is 25.3 Å². The highest BCUT2D eigenvalue weighted by Gasteiger charge is 2.13. The molecule has 1 amide bonds. The lowest BCUT2D eigenvalue weighted by Crippen LogP contribution is -2.29. The maximum Gasteiger partial charge on any atom is 0.224 e. The molecule has 0 bridgehead atoms. The predicted octanol–water partition coefficient (Wildman–Crippen LogP) is 3.36. The van der Waals surface area contributed by atoms with Crippen LogP contribution < -0.4 is 10.1 Å². The molecule has 126 valence electrons. The molecule has 0 aliphatic heterocycles. The minimum Gasteiger partial charge on any atom is -0.496 e. The Hall–Kier alpha value is -2.62. The number of benzene rings is 2. The Bertz CT molecular complexity index is 710. The quantitative estimate of drug-likeness (QED) is 0.794. The van der Waals surface area contributed by atoms with Crippen molar-refractivity contribution in [3.63, 3.8) is 0 Å². The number of hydrogen-bond donors (Lipinski definition) is 1. The normalized spacial score (nSPS) is 11.6. The molecule has 2 aromatic rings. The molecule has 0 radical (unpaired) electrons. The number of ketones is 1. The van der Waals surface area contributed by atoms with Crippen LogP contribution in [0, 0.1) is 0 Å². The molecule has 4 heteroatoms. The first-order valence-electron chi connectivity index (χ1n) is 8.00. The molecule has 4 nitrogen and oxygen atoms in total. The molecule has 0 fully saturated rings. The van der Waals surface area contributed by atoms with Crippen molar-refractivity contribution >= 4 is 11.7 Å². The van der Waals surface area contributed by atoms with Crippen LogP contribution in [0.4, 0.5) is 0 Å². The first-order chi connectivity index (χ1) is 11.5. The summed E-state index contributed by atoms with van der Waals surface area (Å²) < 4.78 is 5.28. The number of nitrogens with one attached hydrogen (secondary N) is 1. The van der Waals surface area contributed by atoms with Gasteiger partial charge in [0.1, 0.15) is 5.75 Å². The van der Waals surface area contributed by atoms with Crippen LogP contribution >= 0.6 is 0 Å². The van der Waals surface area contributed by atoms with E-state index < -0.39 is 0 Å². The zero-order valence-electron chi connectivity index (χ0n) is 14.3. The Morgan fingerprint density at radius 2 is 1.83 bits per heavy atom. The SMILES string of the molecule is COc1ccc(C(C)=O)cc1CC(=O)NCC(C)c1ccccc1. The van der Waals surface area contributed by atoms with Gasteiger partial charge in [0.15, 0.2) is 5.78 Å². The second-order valence-electron chi connectivity index (χ2n) is 5.88. The van der Waals surface area contributed by atoms with Gasteiger partial charge >= 0.3 is 0 Å². The van der Waals surface area contributed by atoms with Crippen molar-refractivity contribution in [3.05, 3.63) is 65.2 Å². The maximum absolute atomic E-state index is 12.2. The average Bonchev–Trinajstić information content (AvgIpc) is 2.60. The summed E-state index contributed by atoms with van der Waals surface area (Å²) in [6, 6.07) is 15.2. The van der Waals surface area contributed by atoms with E-state index in [4.69, 9.17) is 4.74 Å². The fourth-order valence-corrected chi connectivity index (χ4v) is 2.54. The number of hydrogen-bond acceptors (Lipinski definition) is 3. The van der Waals surface area contributed by atoms with Crippen LogP contribution in [0.5, 0.6) is 5.75 Å². The van der Waals surface area contributed by atoms with E-state index >= 15 is 0 Å². The predicted molar refractivity (Wildman–Crippen MR) is 94.6 cm³/mol. The van der Waals surface area contributed by atoms with Crippen molar-refractivity contribution in [2.75, 3.05) is 13.7 Å². The van der Waals surface area contributed by atoms with Crippen LogP contribution in [0.1, 0.15) is 41.3 Å². The maximum atomic E-state index is 12.2. The summed E-state index contributed by atoms with van der Waals surface area (Å²) in [4.78, 5) is 23.8. The van der Waals surface area contributed by atoms with Gasteiger partial charge < -0.3 is 10.1 Å². The van der Waals surface area contributed by atoms with E-state index in [-0.39, 0.29) is 24.0 Å². The second kappa shape index (κ2) is 8.29. The second-order valence-corrected chi connectivity index (χ2v) is 5.88. The fraction of sp³-hybridized carbons (Fsp3) is 0.300. The van der Waals surface area contributed by atoms with Gasteiger partial charge in [0.2, 0.25) is 5.91 Å². The average molecular weight is 325 g/mol. The van der Waals surface area contributed by atoms with Gasteiger partial charge in [-0.25, -0.2) is 0 Å². The lowest BCUT2D eigenvalue weighted by atomic mass is 10.0. The zero-order chi connectivity index (χ0) is 17.5. The molecule has 0 saturated heterocycles. The molecule has 0 spiro atoms. The number of Topliss-reactive ketones (excluding diaryl/α,β-unsaturated/α-hetero) is 1. The lowest BCUT2D eigenvalue weighted by molar-refractivity contribution is -0.120. The molecule has 0 aliphatic rings. The number of ether oxygens (including phenoxy) is 1. The topological polar surface area (TPSA) is 55.4 Å². The van der Waals surface area contributed by atoms with E-state index in [9.17, 15) is 9.59 Å². The number of carbonyl (C=O) groups is 2. The highest BCUT2D eigenvalue weighted by atomic mass is 16.5. The van der Waals surface area contributed by atoms with Crippen LogP contribution in [-0.4, -0.2) is 25.3 Å². The largest absolute Gasteiger partial charge is 0.496 e. The third-order valence-corrected chi connectivity index (χ3v) is 4.01. The molecule has 1 atom stereocenters. The van der Waals surface area contributed by atoms with Crippen LogP contribution in [0.3, 0.4) is 0 Å². The van der Waals surface area contributed by atoms with Crippen molar-refractivity contribution in [2.24, 2.45) is 0 Å². The van der Waals surface area contributed by atoms with E-state index in [1.165, 1.54) is 12.5 Å². The molecular weight excluding hydrogens is 302 g/mol. The molecule has 2 rings (SSSR count). The Morgan fingerprint density at radius 3 is 2.46 bits per heavy atom. The van der Waals surface area contributed by atoms with Gasteiger partial charge in [-0.05, 0) is 36.6 Å². The van der Waals surface area contributed by atoms with E-state index in [1.807, 2.05) is 18.2 Å². The summed E-state index contributed by atoms with van der Waals surface area (Å²) in [6.07, 6.45) is 0.186. The first-order valence-corrected chi connectivity index (χ1v) is 8.00. The summed E-state index contributed by atoms with van der Waals surface area (Å²) in [7, 11) is 1.56. The first kappa shape index (κ1) is 17.7. The summed E-state index contributed by atoms with van der Waals surface area (Å²) >= 11 is 0. The van der Waals surface area contributed by atoms with Gasteiger partial charge in [0.05, 0.1) is 13.5 Å². The molecular formula is C20H23NO3. The Kier molecular flexibility index (Phi) is 6.13. The van der Waals surface area contributed by atoms with Crippen molar-refractivity contribution in [2.45, 2.75) is 26.2 Å². The minimum atomic E-state index is -0.0863. The van der Waals surface area contributed by atoms with Crippen molar-refractivity contribution in [1.82, 2.24) is 5.32 Å². The lowest BCUT2D eigenvalue weighted by Gasteiger charge is -2.14. The van der Waals surface area contributed by atoms with Gasteiger partial charge in [0, 0.05) is 17.7 Å². The van der Waals surface area contributed by atoms with Crippen molar-refractivity contribution in [3.8, 4) is 5.75 Å². The molecule has 2 aromatic carbocycles. The summed E-state index contributed by atoms with van der Waals surface area (Å²) in [5, 5.41) is 2.95. The number of carbonyl (C=O) groups excluding carboxylic acids is 2. The van der Waals surface area contributed by atoms with Gasteiger partial charge in [-0.2, -0.15) is 0 Å². The molecule has 0 aromatic heterocycles. The summed E-state index contributed by atoms with van der Waals surface area (Å²) in [5.41, 5.74) is 2.49. The molecule has 24 heavy (non-hydrogen) atoms. The molecule has 1 N–H and O–H groups in total. The van der Waals surface area contributed by atoms with Crippen molar-refractivity contribution < 1.29 is 14.3 Å². The monoisotopic (exact) mass is 325 g/mol. The standard InChI is InChI=1S/C20H23NO3/c1-14(16-7-5-4-6-8-16)13-21-20(23)12-18-11-17(15(2)22)9-10-19(18)24-3/h4-11,14H,12-13H2,1-3H3,(H,21,23). The molecule has 0 heterocycles. The van der Waals surface area contributed by atoms with Crippen LogP contribution in [0.15, 0.2) is 48.5 Å². The van der Waals surface area contributed by atoms with Crippen molar-refractivity contribution in [1.29, 1.82) is 0 Å². The zero-order valence-corrected chi connectivity index (χ0v) is 14.3. The van der Waals surface area contributed by atoms with E-state index in [0.717, 1.165) is 5.56 Å². The third kappa shape index (κ3) is 4.69. The Labute approximate surface area is 142 Å². The summed E-state index contributed by atoms with van der Waals surface area (Å²) in [5.74, 6) is 0.737. The van der Waals surface area contributed by atoms with Crippen LogP contribution in [0.2, 0.25) is 0 Å². The van der Waals surface area contributed by atoms with Gasteiger partial charge in [-0.15, -0.1) is 0 Å². The van der Waals surface area contributed by atoms with Crippen LogP contribution in [0.25, 0.3) is 0 Å². The third-order valence-electron chi connectivity index (χ3n) is 4.01. The molecule has 1 unspecified atom stereocenters. The molecule has 0 aliphatic carbocycles. The van der Waals surface area contributed by atoms with Gasteiger partial charge in [0.25, 0.3) is 0 Å². The highest BCUT2D eigenvalue weighted by molar-refractivity contribution is 5.94. The van der Waals surface area contributed by atoms with E-state index in [0.29, 0.717) is 17.9 Å². The number of methoxy groups -OCH3 is 1. The van der Waals surface area contributed by atoms with Crippen LogP contribution in [-0.2, 0) is 11.2 Å². The van der Waals surface area contributed by atoms with E-state index in [2.05, 4.69) is 24.4 Å². The number of rotatable bonds is 7. The minimum absolute atomic E-state index is 0.0305. The summed E-state index contributed by atoms with van der Waals surface area (Å²) in [6.45, 7) is 4.15. The number of amides is 1. The molecule has 0 saturated carbocycles. The highest BCUT2D eigenvalue weighted by Crippen LogP contribution is 2.21. The van der Waals surface area contributed by atoms with Gasteiger partial charge in [-0.3, -0.25) is 9.59 Å². The fourth-order valence-electron chi connectivity index (χ4n) is 2.54. The Balaban J connectivity index is 1.99.